The molecule has 5 fully saturated rings. The second kappa shape index (κ2) is 5.76. The maximum Gasteiger partial charge on any atom is 0.209 e. The van der Waals surface area contributed by atoms with Crippen molar-refractivity contribution in [1.29, 1.82) is 0 Å². The average molecular weight is 330 g/mol. The molecule has 4 heteroatoms. The zero-order chi connectivity index (χ0) is 16.1. The van der Waals surface area contributed by atoms with Gasteiger partial charge in [0.05, 0.1) is 23.9 Å². The van der Waals surface area contributed by atoms with Gasteiger partial charge in [0.25, 0.3) is 0 Å². The van der Waals surface area contributed by atoms with Crippen LogP contribution in [0.5, 0.6) is 5.88 Å². The Morgan fingerprint density at radius 1 is 1.04 bits per heavy atom. The van der Waals surface area contributed by atoms with Gasteiger partial charge < -0.3 is 9.84 Å². The Labute approximate surface area is 144 Å². The molecule has 0 unspecified atom stereocenters. The van der Waals surface area contributed by atoms with Gasteiger partial charge in [0.15, 0.2) is 0 Å². The normalized spacial score (nSPS) is 38.8. The van der Waals surface area contributed by atoms with Crippen LogP contribution in [0.2, 0.25) is 0 Å². The van der Waals surface area contributed by atoms with Gasteiger partial charge in [-0.05, 0) is 69.1 Å². The number of nitrogens with zero attached hydrogens (tertiary/aromatic N) is 2. The summed E-state index contributed by atoms with van der Waals surface area (Å²) in [5, 5.41) is 15.0. The lowest BCUT2D eigenvalue weighted by atomic mass is 9.54. The van der Waals surface area contributed by atoms with Crippen LogP contribution in [0.4, 0.5) is 0 Å². The smallest absolute Gasteiger partial charge is 0.209 e. The molecule has 0 radical (unpaired) electrons. The van der Waals surface area contributed by atoms with Gasteiger partial charge in [-0.3, -0.25) is 0 Å². The third-order valence-electron chi connectivity index (χ3n) is 7.20. The first-order valence-electron chi connectivity index (χ1n) is 10.1. The van der Waals surface area contributed by atoms with E-state index in [0.29, 0.717) is 18.5 Å². The van der Waals surface area contributed by atoms with Crippen LogP contribution in [0.15, 0.2) is 6.07 Å². The molecule has 132 valence electrons. The van der Waals surface area contributed by atoms with E-state index in [1.807, 2.05) is 10.7 Å². The molecule has 6 rings (SSSR count). The fraction of sp³-hybridized carbons (Fsp3) is 0.850. The highest BCUT2D eigenvalue weighted by Crippen LogP contribution is 2.57. The summed E-state index contributed by atoms with van der Waals surface area (Å²) < 4.78 is 8.36. The molecule has 0 aromatic carbocycles. The molecular formula is C20H30N2O2. The van der Waals surface area contributed by atoms with E-state index in [1.54, 1.807) is 0 Å². The van der Waals surface area contributed by atoms with Gasteiger partial charge in [0.2, 0.25) is 5.88 Å². The summed E-state index contributed by atoms with van der Waals surface area (Å²) >= 11 is 0. The number of hydrogen-bond donors (Lipinski definition) is 1. The molecule has 5 aliphatic carbocycles. The van der Waals surface area contributed by atoms with Gasteiger partial charge in [-0.25, -0.2) is 4.68 Å². The average Bonchev–Trinajstić information content (AvgIpc) is 2.94. The molecule has 24 heavy (non-hydrogen) atoms. The Morgan fingerprint density at radius 2 is 1.67 bits per heavy atom. The number of aromatic hydroxyl groups is 1. The van der Waals surface area contributed by atoms with Crippen molar-refractivity contribution in [3.8, 4) is 5.88 Å². The van der Waals surface area contributed by atoms with E-state index >= 15 is 0 Å². The zero-order valence-electron chi connectivity index (χ0n) is 14.6. The Hall–Kier alpha value is -1.03. The molecule has 0 atom stereocenters. The minimum atomic E-state index is 0.124. The van der Waals surface area contributed by atoms with Crippen LogP contribution >= 0.6 is 0 Å². The van der Waals surface area contributed by atoms with Crippen LogP contribution in [0, 0.1) is 17.8 Å². The Bertz CT molecular complexity index is 567. The molecule has 1 aromatic heterocycles. The molecule has 1 N–H and O–H groups in total. The topological polar surface area (TPSA) is 47.3 Å². The lowest BCUT2D eigenvalue weighted by Gasteiger charge is -2.56. The van der Waals surface area contributed by atoms with Crippen molar-refractivity contribution >= 4 is 0 Å². The maximum absolute atomic E-state index is 10.3. The van der Waals surface area contributed by atoms with Crippen molar-refractivity contribution in [3.63, 3.8) is 0 Å². The molecule has 5 saturated carbocycles. The van der Waals surface area contributed by atoms with Gasteiger partial charge in [0.1, 0.15) is 0 Å². The number of hydrogen-bond acceptors (Lipinski definition) is 3. The summed E-state index contributed by atoms with van der Waals surface area (Å²) in [5.41, 5.74) is 1.03. The molecular weight excluding hydrogens is 300 g/mol. The first-order valence-corrected chi connectivity index (χ1v) is 10.1. The van der Waals surface area contributed by atoms with E-state index in [0.717, 1.165) is 36.3 Å². The second-order valence-electron chi connectivity index (χ2n) is 9.12. The van der Waals surface area contributed by atoms with Crippen molar-refractivity contribution in [2.45, 2.75) is 88.9 Å². The molecule has 5 aliphatic rings. The molecule has 0 amide bonds. The lowest BCUT2D eigenvalue weighted by Crippen LogP contribution is -2.51. The molecule has 1 aromatic rings. The monoisotopic (exact) mass is 330 g/mol. The fourth-order valence-corrected chi connectivity index (χ4v) is 6.53. The van der Waals surface area contributed by atoms with Crippen molar-refractivity contribution in [2.75, 3.05) is 0 Å². The predicted molar refractivity (Wildman–Crippen MR) is 91.7 cm³/mol. The first-order chi connectivity index (χ1) is 11.7. The van der Waals surface area contributed by atoms with Crippen LogP contribution in [-0.2, 0) is 11.3 Å². The Kier molecular flexibility index (Phi) is 3.66. The molecule has 1 heterocycles. The minimum absolute atomic E-state index is 0.124. The van der Waals surface area contributed by atoms with E-state index < -0.39 is 0 Å². The van der Waals surface area contributed by atoms with Gasteiger partial charge in [0, 0.05) is 6.07 Å². The molecule has 0 spiro atoms. The van der Waals surface area contributed by atoms with Gasteiger partial charge >= 0.3 is 0 Å². The summed E-state index contributed by atoms with van der Waals surface area (Å²) in [7, 11) is 0. The van der Waals surface area contributed by atoms with Crippen molar-refractivity contribution in [1.82, 2.24) is 9.78 Å². The zero-order valence-corrected chi connectivity index (χ0v) is 14.6. The summed E-state index contributed by atoms with van der Waals surface area (Å²) in [5.74, 6) is 3.05. The van der Waals surface area contributed by atoms with Crippen LogP contribution in [0.25, 0.3) is 0 Å². The van der Waals surface area contributed by atoms with Crippen molar-refractivity contribution in [2.24, 2.45) is 17.8 Å². The quantitative estimate of drug-likeness (QED) is 0.879. The van der Waals surface area contributed by atoms with E-state index in [2.05, 4.69) is 0 Å². The van der Waals surface area contributed by atoms with E-state index in [9.17, 15) is 5.11 Å². The maximum atomic E-state index is 10.3. The molecule has 4 nitrogen and oxygen atoms in total. The van der Waals surface area contributed by atoms with Crippen molar-refractivity contribution in [3.05, 3.63) is 11.8 Å². The third kappa shape index (κ3) is 2.67. The predicted octanol–water partition coefficient (Wildman–Crippen LogP) is 4.58. The van der Waals surface area contributed by atoms with Gasteiger partial charge in [-0.2, -0.15) is 5.10 Å². The van der Waals surface area contributed by atoms with E-state index in [1.165, 1.54) is 57.8 Å². The van der Waals surface area contributed by atoms with Crippen LogP contribution < -0.4 is 0 Å². The fourth-order valence-electron chi connectivity index (χ4n) is 6.53. The number of ether oxygens (including phenoxy) is 1. The largest absolute Gasteiger partial charge is 0.493 e. The summed E-state index contributed by atoms with van der Waals surface area (Å²) in [4.78, 5) is 0. The van der Waals surface area contributed by atoms with Crippen LogP contribution in [-0.4, -0.2) is 20.5 Å². The van der Waals surface area contributed by atoms with Gasteiger partial charge in [-0.15, -0.1) is 0 Å². The SMILES string of the molecule is Oc1cc(COC23CC4CC(CC(C4)C2)C3)nn1C1CCCCC1. The minimum Gasteiger partial charge on any atom is -0.493 e. The highest BCUT2D eigenvalue weighted by molar-refractivity contribution is 5.15. The second-order valence-corrected chi connectivity index (χ2v) is 9.12. The van der Waals surface area contributed by atoms with E-state index in [-0.39, 0.29) is 5.60 Å². The standard InChI is InChI=1S/C20H30N2O2/c23-19-9-17(21-22(19)18-4-2-1-3-5-18)13-24-20-10-14-6-15(11-20)8-16(7-14)12-20/h9,14-16,18,23H,1-8,10-13H2. The lowest BCUT2D eigenvalue weighted by molar-refractivity contribution is -0.169. The number of aromatic nitrogens is 2. The Morgan fingerprint density at radius 3 is 2.29 bits per heavy atom. The first kappa shape index (κ1) is 15.2. The van der Waals surface area contributed by atoms with E-state index in [4.69, 9.17) is 9.84 Å². The third-order valence-corrected chi connectivity index (χ3v) is 7.20. The highest BCUT2D eigenvalue weighted by atomic mass is 16.5. The molecule has 0 saturated heterocycles. The summed E-state index contributed by atoms with van der Waals surface area (Å²) in [6.07, 6.45) is 14.2. The summed E-state index contributed by atoms with van der Waals surface area (Å²) in [6, 6.07) is 2.21. The molecule has 4 bridgehead atoms. The Balaban J connectivity index is 1.27. The van der Waals surface area contributed by atoms with Crippen LogP contribution in [0.1, 0.15) is 82.4 Å². The molecule has 0 aliphatic heterocycles. The van der Waals surface area contributed by atoms with Crippen LogP contribution in [0.3, 0.4) is 0 Å². The van der Waals surface area contributed by atoms with Gasteiger partial charge in [-0.1, -0.05) is 19.3 Å². The number of rotatable bonds is 4. The highest BCUT2D eigenvalue weighted by Gasteiger charge is 2.51. The van der Waals surface area contributed by atoms with Crippen molar-refractivity contribution < 1.29 is 9.84 Å². The summed E-state index contributed by atoms with van der Waals surface area (Å²) in [6.45, 7) is 0.569.